The van der Waals surface area contributed by atoms with Crippen LogP contribution in [0.5, 0.6) is 0 Å². The highest BCUT2D eigenvalue weighted by molar-refractivity contribution is 5.85. The number of nitrogens with one attached hydrogen (secondary N) is 1. The molecule has 0 aromatic heterocycles. The number of hydrogen-bond acceptors (Lipinski definition) is 2. The van der Waals surface area contributed by atoms with Crippen molar-refractivity contribution in [3.63, 3.8) is 0 Å². The number of carbonyl (C=O) groups is 2. The van der Waals surface area contributed by atoms with Gasteiger partial charge in [0.05, 0.1) is 5.41 Å². The van der Waals surface area contributed by atoms with Crippen LogP contribution in [0.1, 0.15) is 60.3 Å². The smallest absolute Gasteiger partial charge is 0.310 e. The normalized spacial score (nSPS) is 29.8. The van der Waals surface area contributed by atoms with E-state index in [0.717, 1.165) is 12.8 Å². The number of amides is 1. The lowest BCUT2D eigenvalue weighted by atomic mass is 9.75. The molecular formula is C16H29NO3. The largest absolute Gasteiger partial charge is 0.481 e. The Bertz CT molecular complexity index is 357. The van der Waals surface area contributed by atoms with E-state index in [1.165, 1.54) is 6.42 Å². The first-order valence-electron chi connectivity index (χ1n) is 7.68. The van der Waals surface area contributed by atoms with Gasteiger partial charge < -0.3 is 10.4 Å². The first kappa shape index (κ1) is 17.0. The molecular weight excluding hydrogens is 254 g/mol. The zero-order valence-corrected chi connectivity index (χ0v) is 13.4. The second kappa shape index (κ2) is 6.59. The second-order valence-corrected chi connectivity index (χ2v) is 7.24. The van der Waals surface area contributed by atoms with E-state index in [9.17, 15) is 14.7 Å². The number of carbonyl (C=O) groups excluding carboxylic acids is 1. The summed E-state index contributed by atoms with van der Waals surface area (Å²) in [6.07, 6.45) is 3.27. The quantitative estimate of drug-likeness (QED) is 0.815. The molecule has 1 aliphatic rings. The summed E-state index contributed by atoms with van der Waals surface area (Å²) < 4.78 is 0. The van der Waals surface area contributed by atoms with Crippen molar-refractivity contribution in [1.29, 1.82) is 0 Å². The Morgan fingerprint density at radius 3 is 2.10 bits per heavy atom. The average molecular weight is 283 g/mol. The third kappa shape index (κ3) is 4.22. The molecule has 1 rings (SSSR count). The standard InChI is InChI=1S/C16H29NO3/c1-10(2)16(5,15(19)20)9-14(18)17-13-7-11(3)6-12(4)8-13/h10-13H,6-9H2,1-5H3,(H,17,18)(H,19,20). The van der Waals surface area contributed by atoms with Crippen molar-refractivity contribution >= 4 is 11.9 Å². The van der Waals surface area contributed by atoms with Crippen molar-refractivity contribution in [1.82, 2.24) is 5.32 Å². The van der Waals surface area contributed by atoms with Crippen LogP contribution in [0.3, 0.4) is 0 Å². The lowest BCUT2D eigenvalue weighted by molar-refractivity contribution is -0.153. The number of carboxylic acid groups (broad SMARTS) is 1. The number of hydrogen-bond donors (Lipinski definition) is 2. The summed E-state index contributed by atoms with van der Waals surface area (Å²) in [5.41, 5.74) is -0.990. The van der Waals surface area contributed by atoms with Gasteiger partial charge in [0.1, 0.15) is 0 Å². The maximum Gasteiger partial charge on any atom is 0.310 e. The Morgan fingerprint density at radius 2 is 1.70 bits per heavy atom. The Kier molecular flexibility index (Phi) is 5.60. The van der Waals surface area contributed by atoms with Crippen molar-refractivity contribution < 1.29 is 14.7 Å². The van der Waals surface area contributed by atoms with Crippen LogP contribution in [0, 0.1) is 23.2 Å². The molecule has 2 N–H and O–H groups in total. The fourth-order valence-electron chi connectivity index (χ4n) is 3.20. The van der Waals surface area contributed by atoms with Crippen LogP contribution in [0.4, 0.5) is 0 Å². The Labute approximate surface area is 122 Å². The minimum atomic E-state index is -0.990. The number of carboxylic acids is 1. The summed E-state index contributed by atoms with van der Waals surface area (Å²) in [7, 11) is 0. The molecule has 4 nitrogen and oxygen atoms in total. The van der Waals surface area contributed by atoms with Gasteiger partial charge in [-0.1, -0.05) is 27.7 Å². The maximum atomic E-state index is 12.2. The third-order valence-electron chi connectivity index (χ3n) is 4.83. The van der Waals surface area contributed by atoms with Crippen molar-refractivity contribution in [2.24, 2.45) is 23.2 Å². The molecule has 116 valence electrons. The molecule has 0 saturated heterocycles. The van der Waals surface area contributed by atoms with Crippen LogP contribution in [0.2, 0.25) is 0 Å². The minimum Gasteiger partial charge on any atom is -0.481 e. The summed E-state index contributed by atoms with van der Waals surface area (Å²) in [6.45, 7) is 9.79. The van der Waals surface area contributed by atoms with Gasteiger partial charge in [-0.25, -0.2) is 0 Å². The molecule has 0 radical (unpaired) electrons. The zero-order chi connectivity index (χ0) is 15.5. The maximum absolute atomic E-state index is 12.2. The number of rotatable bonds is 5. The van der Waals surface area contributed by atoms with E-state index in [-0.39, 0.29) is 24.3 Å². The van der Waals surface area contributed by atoms with Crippen LogP contribution in [0.15, 0.2) is 0 Å². The molecule has 0 heterocycles. The van der Waals surface area contributed by atoms with E-state index in [2.05, 4.69) is 19.2 Å². The van der Waals surface area contributed by atoms with Crippen LogP contribution >= 0.6 is 0 Å². The van der Waals surface area contributed by atoms with Gasteiger partial charge >= 0.3 is 5.97 Å². The monoisotopic (exact) mass is 283 g/mol. The van der Waals surface area contributed by atoms with E-state index in [1.54, 1.807) is 6.92 Å². The molecule has 20 heavy (non-hydrogen) atoms. The van der Waals surface area contributed by atoms with Gasteiger partial charge in [-0.05, 0) is 43.9 Å². The van der Waals surface area contributed by atoms with Crippen LogP contribution < -0.4 is 5.32 Å². The highest BCUT2D eigenvalue weighted by Crippen LogP contribution is 2.32. The van der Waals surface area contributed by atoms with Crippen LogP contribution in [-0.2, 0) is 9.59 Å². The highest BCUT2D eigenvalue weighted by atomic mass is 16.4. The highest BCUT2D eigenvalue weighted by Gasteiger charge is 2.39. The topological polar surface area (TPSA) is 66.4 Å². The molecule has 1 fully saturated rings. The second-order valence-electron chi connectivity index (χ2n) is 7.24. The first-order chi connectivity index (χ1) is 9.15. The van der Waals surface area contributed by atoms with Gasteiger partial charge in [0.25, 0.3) is 0 Å². The van der Waals surface area contributed by atoms with Gasteiger partial charge in [0.15, 0.2) is 0 Å². The molecule has 1 aliphatic carbocycles. The lowest BCUT2D eigenvalue weighted by Gasteiger charge is -2.33. The third-order valence-corrected chi connectivity index (χ3v) is 4.83. The molecule has 3 unspecified atom stereocenters. The van der Waals surface area contributed by atoms with Crippen molar-refractivity contribution in [2.45, 2.75) is 66.3 Å². The molecule has 3 atom stereocenters. The molecule has 0 bridgehead atoms. The molecule has 0 aromatic carbocycles. The van der Waals surface area contributed by atoms with Gasteiger partial charge in [0.2, 0.25) is 5.91 Å². The predicted molar refractivity (Wildman–Crippen MR) is 79.3 cm³/mol. The zero-order valence-electron chi connectivity index (χ0n) is 13.4. The molecule has 0 aliphatic heterocycles. The van der Waals surface area contributed by atoms with Crippen LogP contribution in [-0.4, -0.2) is 23.0 Å². The molecule has 1 amide bonds. The summed E-state index contributed by atoms with van der Waals surface area (Å²) in [6, 6.07) is 0.200. The fourth-order valence-corrected chi connectivity index (χ4v) is 3.20. The Morgan fingerprint density at radius 1 is 1.20 bits per heavy atom. The number of aliphatic carboxylic acids is 1. The van der Waals surface area contributed by atoms with Gasteiger partial charge in [-0.15, -0.1) is 0 Å². The van der Waals surface area contributed by atoms with Gasteiger partial charge in [0, 0.05) is 12.5 Å². The predicted octanol–water partition coefficient (Wildman–Crippen LogP) is 3.06. The molecule has 4 heteroatoms. The van der Waals surface area contributed by atoms with Crippen molar-refractivity contribution in [3.8, 4) is 0 Å². The van der Waals surface area contributed by atoms with E-state index >= 15 is 0 Å². The van der Waals surface area contributed by atoms with E-state index in [4.69, 9.17) is 0 Å². The van der Waals surface area contributed by atoms with Gasteiger partial charge in [-0.2, -0.15) is 0 Å². The van der Waals surface area contributed by atoms with E-state index in [0.29, 0.717) is 11.8 Å². The van der Waals surface area contributed by atoms with E-state index in [1.807, 2.05) is 13.8 Å². The van der Waals surface area contributed by atoms with Crippen molar-refractivity contribution in [2.75, 3.05) is 0 Å². The summed E-state index contributed by atoms with van der Waals surface area (Å²) in [5, 5.41) is 12.4. The fraction of sp³-hybridized carbons (Fsp3) is 0.875. The molecule has 0 aromatic rings. The van der Waals surface area contributed by atoms with Crippen LogP contribution in [0.25, 0.3) is 0 Å². The Hall–Kier alpha value is -1.06. The van der Waals surface area contributed by atoms with E-state index < -0.39 is 11.4 Å². The first-order valence-corrected chi connectivity index (χ1v) is 7.68. The summed E-state index contributed by atoms with van der Waals surface area (Å²) >= 11 is 0. The summed E-state index contributed by atoms with van der Waals surface area (Å²) in [5.74, 6) is 0.151. The minimum absolute atomic E-state index is 0.0548. The molecule has 0 spiro atoms. The lowest BCUT2D eigenvalue weighted by Crippen LogP contribution is -2.44. The molecule has 1 saturated carbocycles. The van der Waals surface area contributed by atoms with Crippen molar-refractivity contribution in [3.05, 3.63) is 0 Å². The average Bonchev–Trinajstić information content (AvgIpc) is 2.26. The summed E-state index contributed by atoms with van der Waals surface area (Å²) in [4.78, 5) is 23.6. The SMILES string of the molecule is CC1CC(C)CC(NC(=O)CC(C)(C(=O)O)C(C)C)C1. The Balaban J connectivity index is 2.60. The van der Waals surface area contributed by atoms with Gasteiger partial charge in [-0.3, -0.25) is 9.59 Å².